The van der Waals surface area contributed by atoms with Crippen LogP contribution in [0.4, 0.5) is 0 Å². The topological polar surface area (TPSA) is 52.9 Å². The fraction of sp³-hybridized carbons (Fsp3) is 0.429. The Hall–Kier alpha value is -1.82. The van der Waals surface area contributed by atoms with Gasteiger partial charge in [0.05, 0.1) is 6.07 Å². The smallest absolute Gasteiger partial charge is 0.240 e. The zero-order valence-electron chi connectivity index (χ0n) is 9.78. The van der Waals surface area contributed by atoms with E-state index in [1.165, 1.54) is 5.56 Å². The van der Waals surface area contributed by atoms with Gasteiger partial charge in [-0.2, -0.15) is 5.26 Å². The van der Waals surface area contributed by atoms with Crippen LogP contribution in [-0.2, 0) is 11.2 Å². The summed E-state index contributed by atoms with van der Waals surface area (Å²) in [5.41, 5.74) is 0.476. The predicted octanol–water partition coefficient (Wildman–Crippen LogP) is 2.04. The highest BCUT2D eigenvalue weighted by atomic mass is 16.2. The van der Waals surface area contributed by atoms with Crippen molar-refractivity contribution in [1.29, 1.82) is 5.26 Å². The van der Waals surface area contributed by atoms with Crippen LogP contribution in [0.15, 0.2) is 30.3 Å². The van der Waals surface area contributed by atoms with Crippen LogP contribution in [0.25, 0.3) is 0 Å². The maximum atomic E-state index is 11.8. The van der Waals surface area contributed by atoms with Gasteiger partial charge >= 0.3 is 0 Å². The van der Waals surface area contributed by atoms with Crippen LogP contribution in [0, 0.1) is 16.7 Å². The third-order valence-electron chi connectivity index (χ3n) is 3.40. The third-order valence-corrected chi connectivity index (χ3v) is 3.40. The lowest BCUT2D eigenvalue weighted by atomic mass is 9.69. The predicted molar refractivity (Wildman–Crippen MR) is 65.1 cm³/mol. The molecule has 0 bridgehead atoms. The first kappa shape index (κ1) is 11.7. The zero-order valence-corrected chi connectivity index (χ0v) is 9.78. The summed E-state index contributed by atoms with van der Waals surface area (Å²) in [4.78, 5) is 11.8. The second-order valence-electron chi connectivity index (χ2n) is 4.54. The van der Waals surface area contributed by atoms with E-state index >= 15 is 0 Å². The molecule has 17 heavy (non-hydrogen) atoms. The molecule has 0 aromatic heterocycles. The maximum Gasteiger partial charge on any atom is 0.240 e. The molecule has 0 unspecified atom stereocenters. The van der Waals surface area contributed by atoms with Crippen LogP contribution < -0.4 is 5.32 Å². The molecule has 0 radical (unpaired) electrons. The Morgan fingerprint density at radius 3 is 2.59 bits per heavy atom. The Balaban J connectivity index is 1.80. The Morgan fingerprint density at radius 1 is 1.35 bits per heavy atom. The van der Waals surface area contributed by atoms with E-state index in [-0.39, 0.29) is 5.91 Å². The molecule has 1 aromatic carbocycles. The lowest BCUT2D eigenvalue weighted by Crippen LogP contribution is -2.45. The number of benzene rings is 1. The molecular weight excluding hydrogens is 212 g/mol. The minimum atomic E-state index is -0.726. The van der Waals surface area contributed by atoms with Crippen LogP contribution in [0.1, 0.15) is 24.8 Å². The van der Waals surface area contributed by atoms with E-state index in [1.54, 1.807) is 0 Å². The summed E-state index contributed by atoms with van der Waals surface area (Å²) in [5, 5.41) is 11.9. The van der Waals surface area contributed by atoms with E-state index in [4.69, 9.17) is 5.26 Å². The summed E-state index contributed by atoms with van der Waals surface area (Å²) < 4.78 is 0. The second-order valence-corrected chi connectivity index (χ2v) is 4.54. The molecule has 0 atom stereocenters. The van der Waals surface area contributed by atoms with E-state index in [0.717, 1.165) is 12.8 Å². The molecule has 3 nitrogen and oxygen atoms in total. The van der Waals surface area contributed by atoms with Crippen LogP contribution in [0.5, 0.6) is 0 Å². The molecule has 1 fully saturated rings. The minimum absolute atomic E-state index is 0.0952. The van der Waals surface area contributed by atoms with E-state index < -0.39 is 5.41 Å². The molecule has 0 saturated heterocycles. The number of nitrogens with zero attached hydrogens (tertiary/aromatic N) is 1. The zero-order chi connectivity index (χ0) is 12.1. The molecule has 0 spiro atoms. The largest absolute Gasteiger partial charge is 0.354 e. The van der Waals surface area contributed by atoms with E-state index in [0.29, 0.717) is 19.4 Å². The van der Waals surface area contributed by atoms with Gasteiger partial charge in [0.1, 0.15) is 5.41 Å². The number of amides is 1. The standard InChI is InChI=1S/C14H16N2O/c15-11-14(8-4-9-14)13(17)16-10-7-12-5-2-1-3-6-12/h1-3,5-6H,4,7-10H2,(H,16,17). The number of carbonyl (C=O) groups is 1. The van der Waals surface area contributed by atoms with E-state index in [2.05, 4.69) is 11.4 Å². The van der Waals surface area contributed by atoms with Gasteiger partial charge in [-0.15, -0.1) is 0 Å². The quantitative estimate of drug-likeness (QED) is 0.857. The summed E-state index contributed by atoms with van der Waals surface area (Å²) in [5.74, 6) is -0.0952. The molecule has 2 rings (SSSR count). The lowest BCUT2D eigenvalue weighted by molar-refractivity contribution is -0.131. The summed E-state index contributed by atoms with van der Waals surface area (Å²) in [6.07, 6.45) is 3.22. The highest BCUT2D eigenvalue weighted by molar-refractivity contribution is 5.86. The number of hydrogen-bond acceptors (Lipinski definition) is 2. The van der Waals surface area contributed by atoms with Gasteiger partial charge in [-0.25, -0.2) is 0 Å². The minimum Gasteiger partial charge on any atom is -0.354 e. The summed E-state index contributed by atoms with van der Waals surface area (Å²) in [7, 11) is 0. The molecule has 1 aliphatic carbocycles. The van der Waals surface area contributed by atoms with Gasteiger partial charge in [0.25, 0.3) is 0 Å². The number of nitriles is 1. The number of nitrogens with one attached hydrogen (secondary N) is 1. The van der Waals surface area contributed by atoms with Crippen molar-refractivity contribution in [3.63, 3.8) is 0 Å². The molecular formula is C14H16N2O. The van der Waals surface area contributed by atoms with Crippen molar-refractivity contribution in [2.45, 2.75) is 25.7 Å². The van der Waals surface area contributed by atoms with Gasteiger partial charge in [-0.05, 0) is 31.2 Å². The van der Waals surface area contributed by atoms with E-state index in [9.17, 15) is 4.79 Å². The van der Waals surface area contributed by atoms with E-state index in [1.807, 2.05) is 30.3 Å². The first-order valence-electron chi connectivity index (χ1n) is 6.00. The average molecular weight is 228 g/mol. The molecule has 1 N–H and O–H groups in total. The first-order valence-corrected chi connectivity index (χ1v) is 6.00. The number of hydrogen-bond donors (Lipinski definition) is 1. The van der Waals surface area contributed by atoms with Gasteiger partial charge in [-0.3, -0.25) is 4.79 Å². The van der Waals surface area contributed by atoms with Crippen LogP contribution >= 0.6 is 0 Å². The van der Waals surface area contributed by atoms with Crippen LogP contribution in [-0.4, -0.2) is 12.5 Å². The number of rotatable bonds is 4. The van der Waals surface area contributed by atoms with Gasteiger partial charge in [0.15, 0.2) is 0 Å². The van der Waals surface area contributed by atoms with Gasteiger partial charge in [0, 0.05) is 6.54 Å². The van der Waals surface area contributed by atoms with Crippen LogP contribution in [0.3, 0.4) is 0 Å². The molecule has 1 amide bonds. The molecule has 0 aliphatic heterocycles. The van der Waals surface area contributed by atoms with Crippen LogP contribution in [0.2, 0.25) is 0 Å². The van der Waals surface area contributed by atoms with Crippen molar-refractivity contribution in [1.82, 2.24) is 5.32 Å². The van der Waals surface area contributed by atoms with Crippen molar-refractivity contribution >= 4 is 5.91 Å². The summed E-state index contributed by atoms with van der Waals surface area (Å²) >= 11 is 0. The first-order chi connectivity index (χ1) is 8.27. The molecule has 1 saturated carbocycles. The van der Waals surface area contributed by atoms with Crippen molar-refractivity contribution in [2.75, 3.05) is 6.54 Å². The highest BCUT2D eigenvalue weighted by Crippen LogP contribution is 2.40. The summed E-state index contributed by atoms with van der Waals surface area (Å²) in [6.45, 7) is 0.603. The van der Waals surface area contributed by atoms with Crippen molar-refractivity contribution < 1.29 is 4.79 Å². The van der Waals surface area contributed by atoms with Crippen molar-refractivity contribution in [3.05, 3.63) is 35.9 Å². The SMILES string of the molecule is N#CC1(C(=O)NCCc2ccccc2)CCC1. The fourth-order valence-corrected chi connectivity index (χ4v) is 2.05. The Morgan fingerprint density at radius 2 is 2.06 bits per heavy atom. The number of carbonyl (C=O) groups excluding carboxylic acids is 1. The Labute approximate surface area is 101 Å². The van der Waals surface area contributed by atoms with Gasteiger partial charge < -0.3 is 5.32 Å². The monoisotopic (exact) mass is 228 g/mol. The fourth-order valence-electron chi connectivity index (χ4n) is 2.05. The summed E-state index contributed by atoms with van der Waals surface area (Å²) in [6, 6.07) is 12.2. The maximum absolute atomic E-state index is 11.8. The second kappa shape index (κ2) is 5.01. The highest BCUT2D eigenvalue weighted by Gasteiger charge is 2.44. The normalized spacial score (nSPS) is 16.6. The van der Waals surface area contributed by atoms with Crippen molar-refractivity contribution in [3.8, 4) is 6.07 Å². The van der Waals surface area contributed by atoms with Gasteiger partial charge in [0.2, 0.25) is 5.91 Å². The molecule has 3 heteroatoms. The molecule has 1 aliphatic rings. The third kappa shape index (κ3) is 2.47. The lowest BCUT2D eigenvalue weighted by Gasteiger charge is -2.33. The van der Waals surface area contributed by atoms with Gasteiger partial charge in [-0.1, -0.05) is 30.3 Å². The Bertz CT molecular complexity index is 429. The molecule has 88 valence electrons. The molecule has 0 heterocycles. The van der Waals surface area contributed by atoms with Crippen molar-refractivity contribution in [2.24, 2.45) is 5.41 Å². The average Bonchev–Trinajstić information content (AvgIpc) is 2.30. The molecule has 1 aromatic rings. The Kier molecular flexibility index (Phi) is 3.43.